The molecule has 0 spiro atoms. The quantitative estimate of drug-likeness (QED) is 0.159. The number of rotatable bonds is 13. The number of methoxy groups -OCH3 is 1. The molecule has 5 heteroatoms. The number of halogens is 1. The van der Waals surface area contributed by atoms with Gasteiger partial charge in [0.15, 0.2) is 5.96 Å². The standard InChI is InChI=1S/C17H35N3O.HI/c1-5-7-8-9-12-15-20(3)17(18-6-2)19-14-11-10-13-16-21-4;/h5H,1,6-16H2,2-4H3,(H,18,19);1H. The molecule has 0 amide bonds. The highest BCUT2D eigenvalue weighted by Crippen LogP contribution is 2.02. The van der Waals surface area contributed by atoms with E-state index < -0.39 is 0 Å². The summed E-state index contributed by atoms with van der Waals surface area (Å²) >= 11 is 0. The predicted molar refractivity (Wildman–Crippen MR) is 108 cm³/mol. The number of aliphatic imine (C=N–C) groups is 1. The molecule has 132 valence electrons. The van der Waals surface area contributed by atoms with Crippen molar-refractivity contribution in [2.75, 3.05) is 40.4 Å². The van der Waals surface area contributed by atoms with E-state index in [1.54, 1.807) is 7.11 Å². The van der Waals surface area contributed by atoms with Gasteiger partial charge in [-0.1, -0.05) is 12.5 Å². The van der Waals surface area contributed by atoms with Crippen LogP contribution in [-0.2, 0) is 4.74 Å². The van der Waals surface area contributed by atoms with E-state index in [-0.39, 0.29) is 24.0 Å². The van der Waals surface area contributed by atoms with E-state index in [4.69, 9.17) is 9.73 Å². The van der Waals surface area contributed by atoms with Crippen molar-refractivity contribution in [3.63, 3.8) is 0 Å². The Hall–Kier alpha value is -0.300. The van der Waals surface area contributed by atoms with E-state index in [0.717, 1.165) is 51.5 Å². The van der Waals surface area contributed by atoms with Crippen LogP contribution in [0, 0.1) is 0 Å². The molecule has 0 saturated heterocycles. The zero-order chi connectivity index (χ0) is 15.8. The van der Waals surface area contributed by atoms with Crippen molar-refractivity contribution in [2.45, 2.75) is 51.9 Å². The summed E-state index contributed by atoms with van der Waals surface area (Å²) in [5.41, 5.74) is 0. The van der Waals surface area contributed by atoms with Crippen molar-refractivity contribution in [3.05, 3.63) is 12.7 Å². The second-order valence-corrected chi connectivity index (χ2v) is 5.35. The smallest absolute Gasteiger partial charge is 0.193 e. The molecule has 0 aromatic heterocycles. The summed E-state index contributed by atoms with van der Waals surface area (Å²) in [5, 5.41) is 3.37. The Bertz CT molecular complexity index is 273. The second kappa shape index (κ2) is 18.7. The maximum atomic E-state index is 5.06. The van der Waals surface area contributed by atoms with Crippen LogP contribution in [0.5, 0.6) is 0 Å². The van der Waals surface area contributed by atoms with Gasteiger partial charge in [0.05, 0.1) is 0 Å². The summed E-state index contributed by atoms with van der Waals surface area (Å²) in [7, 11) is 3.88. The molecule has 0 bridgehead atoms. The molecule has 0 fully saturated rings. The average Bonchev–Trinajstić information content (AvgIpc) is 2.49. The average molecular weight is 425 g/mol. The number of unbranched alkanes of at least 4 members (excludes halogenated alkanes) is 5. The summed E-state index contributed by atoms with van der Waals surface area (Å²) in [4.78, 5) is 6.94. The second-order valence-electron chi connectivity index (χ2n) is 5.35. The van der Waals surface area contributed by atoms with Crippen LogP contribution in [0.25, 0.3) is 0 Å². The third-order valence-electron chi connectivity index (χ3n) is 3.37. The van der Waals surface area contributed by atoms with Crippen LogP contribution >= 0.6 is 24.0 Å². The van der Waals surface area contributed by atoms with Crippen molar-refractivity contribution in [2.24, 2.45) is 4.99 Å². The molecule has 0 atom stereocenters. The molecule has 22 heavy (non-hydrogen) atoms. The van der Waals surface area contributed by atoms with Gasteiger partial charge in [-0.2, -0.15) is 0 Å². The molecule has 0 heterocycles. The van der Waals surface area contributed by atoms with E-state index in [1.807, 2.05) is 6.08 Å². The summed E-state index contributed by atoms with van der Waals surface area (Å²) < 4.78 is 5.06. The van der Waals surface area contributed by atoms with Gasteiger partial charge < -0.3 is 15.0 Å². The minimum atomic E-state index is 0. The molecule has 0 aromatic rings. The Labute approximate surface area is 154 Å². The first kappa shape index (κ1) is 24.0. The van der Waals surface area contributed by atoms with Gasteiger partial charge in [0.1, 0.15) is 0 Å². The monoisotopic (exact) mass is 425 g/mol. The molecule has 0 aliphatic carbocycles. The van der Waals surface area contributed by atoms with Gasteiger partial charge in [0.2, 0.25) is 0 Å². The fourth-order valence-corrected chi connectivity index (χ4v) is 2.11. The predicted octanol–water partition coefficient (Wildman–Crippen LogP) is 4.06. The van der Waals surface area contributed by atoms with Crippen LogP contribution in [0.1, 0.15) is 51.9 Å². The van der Waals surface area contributed by atoms with Gasteiger partial charge in [-0.3, -0.25) is 4.99 Å². The first-order valence-corrected chi connectivity index (χ1v) is 8.35. The molecule has 0 rings (SSSR count). The Kier molecular flexibility index (Phi) is 20.4. The molecule has 0 aliphatic heterocycles. The summed E-state index contributed by atoms with van der Waals surface area (Å²) in [6.45, 7) is 9.61. The number of nitrogens with zero attached hydrogens (tertiary/aromatic N) is 2. The minimum Gasteiger partial charge on any atom is -0.385 e. The van der Waals surface area contributed by atoms with Crippen molar-refractivity contribution >= 4 is 29.9 Å². The molecule has 0 aromatic carbocycles. The number of nitrogens with one attached hydrogen (secondary N) is 1. The van der Waals surface area contributed by atoms with Crippen LogP contribution < -0.4 is 5.32 Å². The molecule has 1 N–H and O–H groups in total. The normalized spacial score (nSPS) is 11.0. The SMILES string of the molecule is C=CCCCCCN(C)C(=NCCCCCOC)NCC.I. The lowest BCUT2D eigenvalue weighted by atomic mass is 10.2. The number of allylic oxidation sites excluding steroid dienone is 1. The zero-order valence-corrected chi connectivity index (χ0v) is 17.1. The summed E-state index contributed by atoms with van der Waals surface area (Å²) in [5.74, 6) is 1.04. The lowest BCUT2D eigenvalue weighted by Gasteiger charge is -2.22. The first-order chi connectivity index (χ1) is 10.3. The van der Waals surface area contributed by atoms with Crippen molar-refractivity contribution in [1.82, 2.24) is 10.2 Å². The third kappa shape index (κ3) is 14.6. The molecular weight excluding hydrogens is 389 g/mol. The van der Waals surface area contributed by atoms with Gasteiger partial charge in [0, 0.05) is 40.4 Å². The lowest BCUT2D eigenvalue weighted by Crippen LogP contribution is -2.39. The molecule has 0 unspecified atom stereocenters. The summed E-state index contributed by atoms with van der Waals surface area (Å²) in [6, 6.07) is 0. The largest absolute Gasteiger partial charge is 0.385 e. The highest BCUT2D eigenvalue weighted by Gasteiger charge is 2.04. The van der Waals surface area contributed by atoms with E-state index in [2.05, 4.69) is 30.8 Å². The number of ether oxygens (including phenoxy) is 1. The fourth-order valence-electron chi connectivity index (χ4n) is 2.11. The van der Waals surface area contributed by atoms with E-state index in [1.165, 1.54) is 25.7 Å². The molecular formula is C17H36IN3O. The van der Waals surface area contributed by atoms with Crippen LogP contribution in [0.4, 0.5) is 0 Å². The minimum absolute atomic E-state index is 0. The van der Waals surface area contributed by atoms with Gasteiger partial charge in [0.25, 0.3) is 0 Å². The van der Waals surface area contributed by atoms with E-state index in [0.29, 0.717) is 0 Å². The highest BCUT2D eigenvalue weighted by atomic mass is 127. The van der Waals surface area contributed by atoms with Gasteiger partial charge in [-0.15, -0.1) is 30.6 Å². The molecule has 0 radical (unpaired) electrons. The fraction of sp³-hybridized carbons (Fsp3) is 0.824. The number of guanidine groups is 1. The van der Waals surface area contributed by atoms with E-state index in [9.17, 15) is 0 Å². The Morgan fingerprint density at radius 1 is 1.18 bits per heavy atom. The van der Waals surface area contributed by atoms with Crippen LogP contribution in [0.2, 0.25) is 0 Å². The maximum Gasteiger partial charge on any atom is 0.193 e. The van der Waals surface area contributed by atoms with E-state index >= 15 is 0 Å². The highest BCUT2D eigenvalue weighted by molar-refractivity contribution is 14.0. The maximum absolute atomic E-state index is 5.06. The number of hydrogen-bond acceptors (Lipinski definition) is 2. The Balaban J connectivity index is 0. The van der Waals surface area contributed by atoms with Crippen LogP contribution in [-0.4, -0.2) is 51.3 Å². The van der Waals surface area contributed by atoms with Crippen LogP contribution in [0.15, 0.2) is 17.6 Å². The van der Waals surface area contributed by atoms with Crippen molar-refractivity contribution < 1.29 is 4.74 Å². The lowest BCUT2D eigenvalue weighted by molar-refractivity contribution is 0.192. The molecule has 0 saturated carbocycles. The topological polar surface area (TPSA) is 36.9 Å². The van der Waals surface area contributed by atoms with Gasteiger partial charge in [-0.05, 0) is 45.4 Å². The van der Waals surface area contributed by atoms with Crippen molar-refractivity contribution in [1.29, 1.82) is 0 Å². The summed E-state index contributed by atoms with van der Waals surface area (Å²) in [6.07, 6.45) is 10.3. The Morgan fingerprint density at radius 2 is 1.91 bits per heavy atom. The van der Waals surface area contributed by atoms with Gasteiger partial charge >= 0.3 is 0 Å². The molecule has 0 aliphatic rings. The third-order valence-corrected chi connectivity index (χ3v) is 3.37. The van der Waals surface area contributed by atoms with Gasteiger partial charge in [-0.25, -0.2) is 0 Å². The zero-order valence-electron chi connectivity index (χ0n) is 14.8. The molecule has 4 nitrogen and oxygen atoms in total. The number of hydrogen-bond donors (Lipinski definition) is 1. The first-order valence-electron chi connectivity index (χ1n) is 8.35. The van der Waals surface area contributed by atoms with Crippen molar-refractivity contribution in [3.8, 4) is 0 Å². The van der Waals surface area contributed by atoms with Crippen LogP contribution in [0.3, 0.4) is 0 Å². The Morgan fingerprint density at radius 3 is 2.55 bits per heavy atom.